The average Bonchev–Trinajstić information content (AvgIpc) is 3.10. The molecule has 1 spiro atoms. The summed E-state index contributed by atoms with van der Waals surface area (Å²) in [6.07, 6.45) is 1.58. The standard InChI is InChI=1S/C24H21N3O7/c1-13(28)19-18(14-8-10-16(11-9-14)27(31)32)24(21(29)33-23(2,3)34-22(24)30)20-17-7-5-4-6-15(17)12-25-26(19)20/h4-12,18-20H,1-3H3/t18-,19-,20-/m1/s1. The fraction of sp³-hybridized carbons (Fsp3) is 0.333. The van der Waals surface area contributed by atoms with E-state index in [0.717, 1.165) is 0 Å². The van der Waals surface area contributed by atoms with Crippen LogP contribution in [-0.4, -0.2) is 45.7 Å². The maximum atomic E-state index is 13.8. The third-order valence-corrected chi connectivity index (χ3v) is 6.64. The van der Waals surface area contributed by atoms with E-state index in [2.05, 4.69) is 5.10 Å². The predicted octanol–water partition coefficient (Wildman–Crippen LogP) is 2.86. The molecule has 3 aliphatic rings. The summed E-state index contributed by atoms with van der Waals surface area (Å²) < 4.78 is 11.2. The highest BCUT2D eigenvalue weighted by Gasteiger charge is 2.74. The van der Waals surface area contributed by atoms with Crippen LogP contribution in [-0.2, 0) is 23.9 Å². The molecule has 2 fully saturated rings. The normalized spacial score (nSPS) is 25.9. The van der Waals surface area contributed by atoms with Gasteiger partial charge in [-0.15, -0.1) is 0 Å². The number of hydrazone groups is 1. The minimum atomic E-state index is -1.96. The highest BCUT2D eigenvalue weighted by Crippen LogP contribution is 2.62. The number of nitro benzene ring substituents is 1. The molecule has 2 aromatic rings. The lowest BCUT2D eigenvalue weighted by Crippen LogP contribution is -2.58. The van der Waals surface area contributed by atoms with Crippen molar-refractivity contribution in [1.82, 2.24) is 5.01 Å². The van der Waals surface area contributed by atoms with Gasteiger partial charge in [0.15, 0.2) is 5.78 Å². The van der Waals surface area contributed by atoms with E-state index < -0.39 is 46.1 Å². The highest BCUT2D eigenvalue weighted by molar-refractivity contribution is 6.07. The molecule has 3 heterocycles. The van der Waals surface area contributed by atoms with Crippen LogP contribution in [0.15, 0.2) is 53.6 Å². The smallest absolute Gasteiger partial charge is 0.330 e. The number of benzene rings is 2. The van der Waals surface area contributed by atoms with E-state index >= 15 is 0 Å². The van der Waals surface area contributed by atoms with E-state index in [1.165, 1.54) is 50.0 Å². The first kappa shape index (κ1) is 21.7. The SMILES string of the molecule is CC(=O)[C@@H]1[C@@H](c2ccc([N+](=O)[O-])cc2)C2(C(=O)OC(C)(C)OC2=O)[C@H]2c3ccccc3C=NN12. The summed E-state index contributed by atoms with van der Waals surface area (Å²) in [4.78, 5) is 51.3. The number of cyclic esters (lactones) is 2. The van der Waals surface area contributed by atoms with Gasteiger partial charge in [0.2, 0.25) is 5.41 Å². The minimum absolute atomic E-state index is 0.161. The number of nitrogens with zero attached hydrogens (tertiary/aromatic N) is 3. The highest BCUT2D eigenvalue weighted by atomic mass is 16.7. The van der Waals surface area contributed by atoms with Crippen LogP contribution in [0.4, 0.5) is 5.69 Å². The molecule has 3 aliphatic heterocycles. The number of carbonyl (C=O) groups excluding carboxylic acids is 3. The molecule has 0 N–H and O–H groups in total. The Morgan fingerprint density at radius 2 is 1.68 bits per heavy atom. The summed E-state index contributed by atoms with van der Waals surface area (Å²) in [6.45, 7) is 4.27. The van der Waals surface area contributed by atoms with Gasteiger partial charge < -0.3 is 9.47 Å². The zero-order valence-corrected chi connectivity index (χ0v) is 18.6. The summed E-state index contributed by atoms with van der Waals surface area (Å²) >= 11 is 0. The van der Waals surface area contributed by atoms with Crippen LogP contribution in [0.2, 0.25) is 0 Å². The number of rotatable bonds is 3. The van der Waals surface area contributed by atoms with Crippen molar-refractivity contribution in [3.05, 3.63) is 75.3 Å². The van der Waals surface area contributed by atoms with Crippen molar-refractivity contribution in [3.8, 4) is 0 Å². The molecule has 0 unspecified atom stereocenters. The number of esters is 2. The van der Waals surface area contributed by atoms with Crippen LogP contribution in [0.5, 0.6) is 0 Å². The lowest BCUT2D eigenvalue weighted by molar-refractivity contribution is -0.384. The Labute approximate surface area is 194 Å². The number of ketones is 1. The van der Waals surface area contributed by atoms with Gasteiger partial charge in [0.25, 0.3) is 11.5 Å². The summed E-state index contributed by atoms with van der Waals surface area (Å²) in [5.74, 6) is -4.54. The molecule has 34 heavy (non-hydrogen) atoms. The number of hydrogen-bond acceptors (Lipinski definition) is 9. The third kappa shape index (κ3) is 2.87. The van der Waals surface area contributed by atoms with Crippen molar-refractivity contribution in [3.63, 3.8) is 0 Å². The topological polar surface area (TPSA) is 128 Å². The lowest BCUT2D eigenvalue weighted by Gasteiger charge is -2.44. The fourth-order valence-electron chi connectivity index (χ4n) is 5.34. The number of fused-ring (bicyclic) bond motifs is 4. The average molecular weight is 463 g/mol. The molecule has 0 radical (unpaired) electrons. The third-order valence-electron chi connectivity index (χ3n) is 6.64. The first-order chi connectivity index (χ1) is 16.1. The Bertz CT molecular complexity index is 1250. The van der Waals surface area contributed by atoms with Crippen molar-refractivity contribution in [2.24, 2.45) is 10.5 Å². The quantitative estimate of drug-likeness (QED) is 0.294. The zero-order chi connectivity index (χ0) is 24.4. The maximum Gasteiger partial charge on any atom is 0.330 e. The van der Waals surface area contributed by atoms with Gasteiger partial charge in [-0.2, -0.15) is 5.10 Å². The summed E-state index contributed by atoms with van der Waals surface area (Å²) in [7, 11) is 0. The summed E-state index contributed by atoms with van der Waals surface area (Å²) in [6, 6.07) is 10.6. The van der Waals surface area contributed by atoms with E-state index in [9.17, 15) is 24.5 Å². The Hall–Kier alpha value is -4.08. The number of ether oxygens (including phenoxy) is 2. The number of nitro groups is 1. The fourth-order valence-corrected chi connectivity index (χ4v) is 5.34. The number of Topliss-reactive ketones (excluding diaryl/α,β-unsaturated/α-hetero) is 1. The van der Waals surface area contributed by atoms with Gasteiger partial charge in [-0.05, 0) is 23.6 Å². The van der Waals surface area contributed by atoms with Crippen LogP contribution in [0, 0.1) is 15.5 Å². The molecule has 174 valence electrons. The van der Waals surface area contributed by atoms with E-state index in [1.54, 1.807) is 30.5 Å². The number of carbonyl (C=O) groups is 3. The molecule has 10 nitrogen and oxygen atoms in total. The molecule has 0 amide bonds. The molecule has 0 aromatic heterocycles. The van der Waals surface area contributed by atoms with Crippen LogP contribution in [0.25, 0.3) is 0 Å². The maximum absolute atomic E-state index is 13.8. The Morgan fingerprint density at radius 1 is 1.06 bits per heavy atom. The van der Waals surface area contributed by atoms with Crippen molar-refractivity contribution in [2.75, 3.05) is 0 Å². The van der Waals surface area contributed by atoms with Crippen LogP contribution < -0.4 is 0 Å². The molecule has 0 saturated carbocycles. The second-order valence-corrected chi connectivity index (χ2v) is 9.09. The largest absolute Gasteiger partial charge is 0.422 e. The number of hydrogen-bond donors (Lipinski definition) is 0. The lowest BCUT2D eigenvalue weighted by atomic mass is 9.65. The van der Waals surface area contributed by atoms with Crippen LogP contribution in [0.1, 0.15) is 49.4 Å². The molecule has 5 rings (SSSR count). The van der Waals surface area contributed by atoms with Gasteiger partial charge in [0.05, 0.1) is 11.1 Å². The van der Waals surface area contributed by atoms with E-state index in [0.29, 0.717) is 16.7 Å². The molecule has 0 aliphatic carbocycles. The number of non-ortho nitro benzene ring substituents is 1. The predicted molar refractivity (Wildman–Crippen MR) is 118 cm³/mol. The van der Waals surface area contributed by atoms with Crippen molar-refractivity contribution in [1.29, 1.82) is 0 Å². The Kier molecular flexibility index (Phi) is 4.61. The molecule has 3 atom stereocenters. The van der Waals surface area contributed by atoms with Gasteiger partial charge >= 0.3 is 11.9 Å². The molecular weight excluding hydrogens is 442 g/mol. The van der Waals surface area contributed by atoms with Gasteiger partial charge in [0, 0.05) is 31.9 Å². The van der Waals surface area contributed by atoms with Gasteiger partial charge in [-0.25, -0.2) is 0 Å². The van der Waals surface area contributed by atoms with Crippen molar-refractivity contribution >= 4 is 29.6 Å². The zero-order valence-electron chi connectivity index (χ0n) is 18.6. The minimum Gasteiger partial charge on any atom is -0.422 e. The summed E-state index contributed by atoms with van der Waals surface area (Å²) in [5, 5.41) is 17.1. The van der Waals surface area contributed by atoms with Crippen LogP contribution in [0.3, 0.4) is 0 Å². The first-order valence-electron chi connectivity index (χ1n) is 10.7. The van der Waals surface area contributed by atoms with Gasteiger partial charge in [-0.1, -0.05) is 36.4 Å². The first-order valence-corrected chi connectivity index (χ1v) is 10.7. The summed E-state index contributed by atoms with van der Waals surface area (Å²) in [5.41, 5.74) is -0.412. The van der Waals surface area contributed by atoms with Crippen LogP contribution >= 0.6 is 0 Å². The van der Waals surface area contributed by atoms with Gasteiger partial charge in [-0.3, -0.25) is 29.5 Å². The molecule has 2 aromatic carbocycles. The monoisotopic (exact) mass is 463 g/mol. The van der Waals surface area contributed by atoms with E-state index in [4.69, 9.17) is 9.47 Å². The van der Waals surface area contributed by atoms with E-state index in [-0.39, 0.29) is 11.5 Å². The van der Waals surface area contributed by atoms with Crippen molar-refractivity contribution in [2.45, 2.75) is 44.6 Å². The second-order valence-electron chi connectivity index (χ2n) is 9.09. The second kappa shape index (κ2) is 7.21. The molecule has 0 bridgehead atoms. The molecule has 10 heteroatoms. The molecule has 2 saturated heterocycles. The van der Waals surface area contributed by atoms with E-state index in [1.807, 2.05) is 0 Å². The van der Waals surface area contributed by atoms with Gasteiger partial charge in [0.1, 0.15) is 12.1 Å². The Morgan fingerprint density at radius 3 is 2.26 bits per heavy atom. The van der Waals surface area contributed by atoms with Crippen molar-refractivity contribution < 1.29 is 28.8 Å². The Balaban J connectivity index is 1.80. The molecular formula is C24H21N3O7.